The summed E-state index contributed by atoms with van der Waals surface area (Å²) in [4.78, 5) is 25.0. The SMILES string of the molecule is CC(=O)OC(C)(C)C(C)CCC(C)C1CCC2C3CC(=O)C4(O)C(O)C(O)CCC4(C)C3CCC12C. The molecule has 0 aromatic carbocycles. The van der Waals surface area contributed by atoms with Crippen molar-refractivity contribution in [2.45, 2.75) is 130 Å². The van der Waals surface area contributed by atoms with Gasteiger partial charge in [0.15, 0.2) is 11.4 Å². The molecule has 0 spiro atoms. The number of ether oxygens (including phenoxy) is 1. The van der Waals surface area contributed by atoms with Gasteiger partial charge in [-0.15, -0.1) is 0 Å². The molecule has 206 valence electrons. The van der Waals surface area contributed by atoms with Crippen molar-refractivity contribution in [3.63, 3.8) is 0 Å². The monoisotopic (exact) mass is 506 g/mol. The van der Waals surface area contributed by atoms with Gasteiger partial charge < -0.3 is 20.1 Å². The standard InChI is InChI=1S/C30H50O6/c1-17(8-9-18(2)27(4,5)36-19(3)31)21-10-11-22-20-16-25(33)30(35)26(34)24(32)13-15-29(30,7)23(20)12-14-28(21,22)6/h17-18,20-24,26,32,34-35H,8-16H2,1-7H3. The molecule has 0 bridgehead atoms. The van der Waals surface area contributed by atoms with E-state index in [4.69, 9.17) is 4.74 Å². The molecule has 11 unspecified atom stereocenters. The molecule has 4 fully saturated rings. The predicted octanol–water partition coefficient (Wildman–Crippen LogP) is 4.67. The Morgan fingerprint density at radius 3 is 2.36 bits per heavy atom. The van der Waals surface area contributed by atoms with Crippen LogP contribution in [0.3, 0.4) is 0 Å². The Labute approximate surface area is 217 Å². The number of ketones is 1. The molecule has 36 heavy (non-hydrogen) atoms. The molecule has 0 saturated heterocycles. The van der Waals surface area contributed by atoms with Crippen molar-refractivity contribution < 1.29 is 29.6 Å². The van der Waals surface area contributed by atoms with Crippen LogP contribution in [0, 0.1) is 46.3 Å². The lowest BCUT2D eigenvalue weighted by Crippen LogP contribution is -2.73. The van der Waals surface area contributed by atoms with Gasteiger partial charge in [0.1, 0.15) is 11.7 Å². The molecule has 0 amide bonds. The van der Waals surface area contributed by atoms with Crippen LogP contribution in [-0.2, 0) is 14.3 Å². The molecular weight excluding hydrogens is 456 g/mol. The maximum Gasteiger partial charge on any atom is 0.303 e. The van der Waals surface area contributed by atoms with Crippen molar-refractivity contribution in [3.05, 3.63) is 0 Å². The summed E-state index contributed by atoms with van der Waals surface area (Å²) in [6.07, 6.45) is 5.32. The van der Waals surface area contributed by atoms with Crippen LogP contribution in [-0.4, -0.2) is 50.5 Å². The van der Waals surface area contributed by atoms with Crippen LogP contribution < -0.4 is 0 Å². The van der Waals surface area contributed by atoms with Crippen molar-refractivity contribution in [1.29, 1.82) is 0 Å². The quantitative estimate of drug-likeness (QED) is 0.453. The molecule has 0 aromatic heterocycles. The molecule has 0 heterocycles. The topological polar surface area (TPSA) is 104 Å². The number of carbonyl (C=O) groups is 2. The molecule has 0 radical (unpaired) electrons. The van der Waals surface area contributed by atoms with Gasteiger partial charge in [-0.3, -0.25) is 9.59 Å². The van der Waals surface area contributed by atoms with Crippen molar-refractivity contribution >= 4 is 11.8 Å². The summed E-state index contributed by atoms with van der Waals surface area (Å²) in [5.41, 5.74) is -2.82. The summed E-state index contributed by atoms with van der Waals surface area (Å²) < 4.78 is 5.58. The fourth-order valence-electron chi connectivity index (χ4n) is 9.60. The minimum absolute atomic E-state index is 0.175. The Kier molecular flexibility index (Phi) is 7.27. The first-order valence-electron chi connectivity index (χ1n) is 14.4. The van der Waals surface area contributed by atoms with Gasteiger partial charge in [-0.25, -0.2) is 0 Å². The second-order valence-electron chi connectivity index (χ2n) is 14.1. The molecule has 0 aromatic rings. The van der Waals surface area contributed by atoms with E-state index in [9.17, 15) is 24.9 Å². The maximum atomic E-state index is 13.5. The first-order valence-corrected chi connectivity index (χ1v) is 14.4. The molecule has 4 saturated carbocycles. The lowest BCUT2D eigenvalue weighted by Gasteiger charge is -2.64. The van der Waals surface area contributed by atoms with Gasteiger partial charge in [-0.1, -0.05) is 34.1 Å². The van der Waals surface area contributed by atoms with E-state index in [-0.39, 0.29) is 34.9 Å². The van der Waals surface area contributed by atoms with E-state index in [1.54, 1.807) is 0 Å². The van der Waals surface area contributed by atoms with Crippen LogP contribution in [0.15, 0.2) is 0 Å². The highest BCUT2D eigenvalue weighted by Crippen LogP contribution is 2.68. The molecule has 6 heteroatoms. The normalized spacial score (nSPS) is 46.3. The Morgan fingerprint density at radius 2 is 1.72 bits per heavy atom. The van der Waals surface area contributed by atoms with Crippen molar-refractivity contribution in [3.8, 4) is 0 Å². The first-order chi connectivity index (χ1) is 16.6. The van der Waals surface area contributed by atoms with Crippen LogP contribution >= 0.6 is 0 Å². The second-order valence-corrected chi connectivity index (χ2v) is 14.1. The minimum atomic E-state index is -1.84. The number of aliphatic hydroxyl groups is 3. The van der Waals surface area contributed by atoms with Crippen LogP contribution in [0.2, 0.25) is 0 Å². The van der Waals surface area contributed by atoms with Gasteiger partial charge in [0, 0.05) is 18.8 Å². The van der Waals surface area contributed by atoms with Gasteiger partial charge >= 0.3 is 5.97 Å². The van der Waals surface area contributed by atoms with E-state index in [1.807, 2.05) is 20.8 Å². The van der Waals surface area contributed by atoms with E-state index in [0.29, 0.717) is 37.0 Å². The largest absolute Gasteiger partial charge is 0.460 e. The second kappa shape index (κ2) is 9.34. The zero-order chi connectivity index (χ0) is 26.8. The van der Waals surface area contributed by atoms with E-state index < -0.39 is 28.8 Å². The lowest BCUT2D eigenvalue weighted by molar-refractivity contribution is -0.250. The Balaban J connectivity index is 1.49. The van der Waals surface area contributed by atoms with Crippen LogP contribution in [0.5, 0.6) is 0 Å². The Bertz CT molecular complexity index is 870. The molecule has 6 nitrogen and oxygen atoms in total. The number of rotatable bonds is 6. The van der Waals surface area contributed by atoms with Gasteiger partial charge in [0.05, 0.1) is 6.10 Å². The number of fused-ring (bicyclic) bond motifs is 5. The smallest absolute Gasteiger partial charge is 0.303 e. The lowest BCUT2D eigenvalue weighted by atomic mass is 9.42. The summed E-state index contributed by atoms with van der Waals surface area (Å²) in [6, 6.07) is 0. The summed E-state index contributed by atoms with van der Waals surface area (Å²) in [6.45, 7) is 14.5. The molecule has 11 atom stereocenters. The van der Waals surface area contributed by atoms with Crippen LogP contribution in [0.25, 0.3) is 0 Å². The summed E-state index contributed by atoms with van der Waals surface area (Å²) >= 11 is 0. The zero-order valence-corrected chi connectivity index (χ0v) is 23.5. The van der Waals surface area contributed by atoms with Gasteiger partial charge in [-0.05, 0) is 99.7 Å². The highest BCUT2D eigenvalue weighted by atomic mass is 16.6. The van der Waals surface area contributed by atoms with Crippen LogP contribution in [0.4, 0.5) is 0 Å². The highest BCUT2D eigenvalue weighted by Gasteiger charge is 2.70. The van der Waals surface area contributed by atoms with E-state index in [2.05, 4.69) is 20.8 Å². The summed E-state index contributed by atoms with van der Waals surface area (Å²) in [5.74, 6) is 1.80. The van der Waals surface area contributed by atoms with Gasteiger partial charge in [-0.2, -0.15) is 0 Å². The van der Waals surface area contributed by atoms with Crippen molar-refractivity contribution in [2.75, 3.05) is 0 Å². The predicted molar refractivity (Wildman–Crippen MR) is 138 cm³/mol. The third-order valence-corrected chi connectivity index (χ3v) is 12.1. The molecular formula is C30H50O6. The number of hydrogen-bond donors (Lipinski definition) is 3. The summed E-state index contributed by atoms with van der Waals surface area (Å²) in [7, 11) is 0. The molecule has 3 N–H and O–H groups in total. The van der Waals surface area contributed by atoms with Gasteiger partial charge in [0.2, 0.25) is 0 Å². The van der Waals surface area contributed by atoms with E-state index >= 15 is 0 Å². The third-order valence-electron chi connectivity index (χ3n) is 12.1. The highest BCUT2D eigenvalue weighted by molar-refractivity contribution is 5.90. The number of aliphatic hydroxyl groups excluding tert-OH is 2. The maximum absolute atomic E-state index is 13.5. The Morgan fingerprint density at radius 1 is 1.06 bits per heavy atom. The van der Waals surface area contributed by atoms with Crippen molar-refractivity contribution in [1.82, 2.24) is 0 Å². The summed E-state index contributed by atoms with van der Waals surface area (Å²) in [5, 5.41) is 32.7. The number of esters is 1. The minimum Gasteiger partial charge on any atom is -0.460 e. The molecule has 4 rings (SSSR count). The fraction of sp³-hybridized carbons (Fsp3) is 0.933. The zero-order valence-electron chi connectivity index (χ0n) is 23.5. The van der Waals surface area contributed by atoms with E-state index in [1.165, 1.54) is 13.3 Å². The molecule has 4 aliphatic rings. The first kappa shape index (κ1) is 28.0. The van der Waals surface area contributed by atoms with Crippen molar-refractivity contribution in [2.24, 2.45) is 46.3 Å². The average Bonchev–Trinajstić information content (AvgIpc) is 3.14. The molecule has 4 aliphatic carbocycles. The number of Topliss-reactive ketones (excluding diaryl/α,β-unsaturated/α-hetero) is 1. The third kappa shape index (κ3) is 4.09. The Hall–Kier alpha value is -0.980. The van der Waals surface area contributed by atoms with E-state index in [0.717, 1.165) is 32.1 Å². The van der Waals surface area contributed by atoms with Crippen LogP contribution in [0.1, 0.15) is 106 Å². The number of hydrogen-bond acceptors (Lipinski definition) is 6. The fourth-order valence-corrected chi connectivity index (χ4v) is 9.60. The van der Waals surface area contributed by atoms with Gasteiger partial charge in [0.25, 0.3) is 0 Å². The molecule has 0 aliphatic heterocycles. The average molecular weight is 507 g/mol. The number of carbonyl (C=O) groups excluding carboxylic acids is 2.